The minimum Gasteiger partial charge on any atom is -0.548 e. The first kappa shape index (κ1) is 37.0. The summed E-state index contributed by atoms with van der Waals surface area (Å²) in [7, 11) is -4.58. The number of carboxylic acid groups (broad SMARTS) is 1. The highest BCUT2D eigenvalue weighted by atomic mass is 32.2. The third-order valence-electron chi connectivity index (χ3n) is 7.07. The van der Waals surface area contributed by atoms with E-state index in [0.29, 0.717) is 48.5 Å². The summed E-state index contributed by atoms with van der Waals surface area (Å²) in [5, 5.41) is 12.9. The van der Waals surface area contributed by atoms with Gasteiger partial charge < -0.3 is 29.0 Å². The van der Waals surface area contributed by atoms with Crippen molar-refractivity contribution in [1.82, 2.24) is 13.9 Å². The maximum absolute atomic E-state index is 12.9. The Morgan fingerprint density at radius 2 is 1.55 bits per heavy atom. The Morgan fingerprint density at radius 3 is 2.16 bits per heavy atom. The maximum atomic E-state index is 12.9. The molecule has 262 valence electrons. The van der Waals surface area contributed by atoms with E-state index >= 15 is 0 Å². The zero-order valence-corrected chi connectivity index (χ0v) is 29.3. The number of carbonyl (C=O) groups is 3. The summed E-state index contributed by atoms with van der Waals surface area (Å²) in [6, 6.07) is 21.2. The number of hydrogen-bond acceptors (Lipinski definition) is 9. The summed E-state index contributed by atoms with van der Waals surface area (Å²) in [5.41, 5.74) is 0.342. The molecule has 3 aromatic rings. The summed E-state index contributed by atoms with van der Waals surface area (Å²) >= 11 is 0. The number of aliphatic carboxylic acids is 1. The Hall–Kier alpha value is -4.87. The molecular weight excluding hydrogens is 652 g/mol. The number of rotatable bonds is 8. The molecule has 1 saturated heterocycles. The third-order valence-corrected chi connectivity index (χ3v) is 8.44. The van der Waals surface area contributed by atoms with Gasteiger partial charge in [-0.15, -0.1) is 0 Å². The molecule has 0 unspecified atom stereocenters. The average Bonchev–Trinajstić information content (AvgIpc) is 3.00. The maximum Gasteiger partial charge on any atom is 0.425 e. The number of likely N-dealkylation sites (tertiary alicyclic amines) is 1. The van der Waals surface area contributed by atoms with Gasteiger partial charge in [-0.25, -0.2) is 9.59 Å². The fraction of sp³-hybridized carbons (Fsp3) is 0.429. The predicted molar refractivity (Wildman–Crippen MR) is 182 cm³/mol. The van der Waals surface area contributed by atoms with Gasteiger partial charge in [-0.3, -0.25) is 0 Å². The lowest BCUT2D eigenvalue weighted by Gasteiger charge is -2.33. The molecule has 0 atom stereocenters. The van der Waals surface area contributed by atoms with Gasteiger partial charge in [-0.05, 0) is 93.1 Å². The lowest BCUT2D eigenvalue weighted by Crippen LogP contribution is -2.50. The minimum atomic E-state index is -4.58. The highest BCUT2D eigenvalue weighted by Crippen LogP contribution is 2.24. The standard InChI is InChI=1S/C35H42N4O9S/c1-34(2,3)47-32(42)38-17-15-30(16-18-38)46-29-13-11-28(12-14-29)36-21-24-7-9-26-10-8-25(20-27(26)19-24)22-37-49(44,45)39(23-31(40)41)33(43)48-35(4,5)6/h7-14,19-20,30,37H,15-18,22-23H2,1-6H3. The van der Waals surface area contributed by atoms with Crippen molar-refractivity contribution in [2.24, 2.45) is 0 Å². The van der Waals surface area contributed by atoms with Gasteiger partial charge in [-0.1, -0.05) is 18.2 Å². The van der Waals surface area contributed by atoms with Gasteiger partial charge in [-0.2, -0.15) is 17.4 Å². The molecule has 14 heteroatoms. The zero-order valence-electron chi connectivity index (χ0n) is 28.5. The topological polar surface area (TPSA) is 159 Å². The first-order valence-corrected chi connectivity index (χ1v) is 17.3. The average molecular weight is 695 g/mol. The summed E-state index contributed by atoms with van der Waals surface area (Å²) in [6.45, 7) is 9.85. The number of hydrogen-bond donors (Lipinski definition) is 1. The molecule has 1 fully saturated rings. The zero-order chi connectivity index (χ0) is 36.0. The van der Waals surface area contributed by atoms with Gasteiger partial charge in [0.2, 0.25) is 0 Å². The number of ether oxygens (including phenoxy) is 3. The Bertz CT molecular complexity index is 1850. The van der Waals surface area contributed by atoms with Crippen LogP contribution in [0.3, 0.4) is 0 Å². The van der Waals surface area contributed by atoms with Crippen LogP contribution in [0.1, 0.15) is 65.5 Å². The van der Waals surface area contributed by atoms with Crippen LogP contribution in [0.25, 0.3) is 15.6 Å². The smallest absolute Gasteiger partial charge is 0.425 e. The number of carbonyl (C=O) groups excluding carboxylic acids is 3. The normalized spacial score (nSPS) is 14.0. The molecule has 0 spiro atoms. The second-order valence-electron chi connectivity index (χ2n) is 13.6. The van der Waals surface area contributed by atoms with Crippen LogP contribution in [0.5, 0.6) is 5.75 Å². The fourth-order valence-corrected chi connectivity index (χ4v) is 5.82. The van der Waals surface area contributed by atoms with Crippen LogP contribution in [0.4, 0.5) is 15.3 Å². The summed E-state index contributed by atoms with van der Waals surface area (Å²) < 4.78 is 44.7. The minimum absolute atomic E-state index is 0.0108. The summed E-state index contributed by atoms with van der Waals surface area (Å²) in [6.07, 6.45) is -0.240. The van der Waals surface area contributed by atoms with E-state index in [9.17, 15) is 27.9 Å². The molecule has 4 rings (SSSR count). The molecule has 0 aliphatic carbocycles. The van der Waals surface area contributed by atoms with E-state index in [1.807, 2.05) is 69.3 Å². The number of benzene rings is 3. The van der Waals surface area contributed by atoms with Crippen molar-refractivity contribution in [3.8, 4) is 11.8 Å². The van der Waals surface area contributed by atoms with Gasteiger partial charge in [0.1, 0.15) is 28.6 Å². The molecule has 0 saturated carbocycles. The van der Waals surface area contributed by atoms with Crippen LogP contribution in [0.2, 0.25) is 0 Å². The molecule has 3 aromatic carbocycles. The van der Waals surface area contributed by atoms with Gasteiger partial charge >= 0.3 is 34.2 Å². The lowest BCUT2D eigenvalue weighted by atomic mass is 10.0. The van der Waals surface area contributed by atoms with Crippen LogP contribution in [-0.2, 0) is 31.0 Å². The largest absolute Gasteiger partial charge is 0.548 e. The molecule has 1 aliphatic rings. The third kappa shape index (κ3) is 11.4. The van der Waals surface area contributed by atoms with Crippen molar-refractivity contribution in [2.45, 2.75) is 78.2 Å². The summed E-state index contributed by atoms with van der Waals surface area (Å²) in [4.78, 5) is 42.1. The van der Waals surface area contributed by atoms with Crippen molar-refractivity contribution < 1.29 is 42.1 Å². The molecule has 49 heavy (non-hydrogen) atoms. The number of piperidine rings is 1. The molecular formula is C35H42N4O9S. The Morgan fingerprint density at radius 1 is 0.918 bits per heavy atom. The molecule has 13 nitrogen and oxygen atoms in total. The first-order valence-electron chi connectivity index (χ1n) is 15.8. The van der Waals surface area contributed by atoms with E-state index in [0.717, 1.165) is 10.8 Å². The number of fused-ring (bicyclic) bond motifs is 1. The summed E-state index contributed by atoms with van der Waals surface area (Å²) in [5.74, 6) is -1.05. The quantitative estimate of drug-likeness (QED) is 0.344. The van der Waals surface area contributed by atoms with E-state index < -0.39 is 40.0 Å². The molecule has 1 aliphatic heterocycles. The van der Waals surface area contributed by atoms with Crippen molar-refractivity contribution in [2.75, 3.05) is 19.6 Å². The SMILES string of the molecule is CC(C)(C)OC(=O)N1CCC(Oc2ccc([N+]#Cc3ccc4ccc(CNS(=O)(=O)N(CC(=O)[O-])C(=O)OC(C)(C)C)cc4c3)cc2)CC1. The van der Waals surface area contributed by atoms with Crippen LogP contribution < -0.4 is 14.6 Å². The highest BCUT2D eigenvalue weighted by molar-refractivity contribution is 7.87. The molecule has 0 aromatic heterocycles. The second kappa shape index (κ2) is 15.1. The Balaban J connectivity index is 1.36. The predicted octanol–water partition coefficient (Wildman–Crippen LogP) is 4.95. The van der Waals surface area contributed by atoms with E-state index in [2.05, 4.69) is 15.6 Å². The van der Waals surface area contributed by atoms with E-state index in [1.54, 1.807) is 17.0 Å². The van der Waals surface area contributed by atoms with Crippen LogP contribution >= 0.6 is 0 Å². The van der Waals surface area contributed by atoms with Crippen molar-refractivity contribution in [3.05, 3.63) is 76.6 Å². The van der Waals surface area contributed by atoms with Gasteiger partial charge in [0.25, 0.3) is 0 Å². The monoisotopic (exact) mass is 694 g/mol. The molecule has 1 N–H and O–H groups in total. The molecule has 2 amide bonds. The van der Waals surface area contributed by atoms with Gasteiger partial charge in [0.15, 0.2) is 0 Å². The highest BCUT2D eigenvalue weighted by Gasteiger charge is 2.32. The number of carboxylic acids is 1. The van der Waals surface area contributed by atoms with Crippen molar-refractivity contribution in [1.29, 1.82) is 0 Å². The Kier molecular flexibility index (Phi) is 11.4. The lowest BCUT2D eigenvalue weighted by molar-refractivity contribution is -0.305. The second-order valence-corrected chi connectivity index (χ2v) is 15.3. The molecule has 0 bridgehead atoms. The number of amides is 2. The Labute approximate surface area is 286 Å². The van der Waals surface area contributed by atoms with Crippen LogP contribution in [-0.4, -0.2) is 72.7 Å². The van der Waals surface area contributed by atoms with Gasteiger partial charge in [0.05, 0.1) is 12.5 Å². The molecule has 0 radical (unpaired) electrons. The van der Waals surface area contributed by atoms with E-state index in [-0.39, 0.29) is 23.0 Å². The molecule has 1 heterocycles. The fourth-order valence-electron chi connectivity index (χ4n) is 4.81. The number of nitrogens with one attached hydrogen (secondary N) is 1. The van der Waals surface area contributed by atoms with E-state index in [4.69, 9.17) is 14.2 Å². The van der Waals surface area contributed by atoms with E-state index in [1.165, 1.54) is 20.8 Å². The van der Waals surface area contributed by atoms with Gasteiger partial charge in [0, 0.05) is 44.6 Å². The first-order chi connectivity index (χ1) is 22.9. The van der Waals surface area contributed by atoms with Crippen molar-refractivity contribution >= 4 is 44.8 Å². The van der Waals surface area contributed by atoms with Crippen molar-refractivity contribution in [3.63, 3.8) is 0 Å². The van der Waals surface area contributed by atoms with Crippen LogP contribution in [0.15, 0.2) is 60.7 Å². The number of nitrogens with zero attached hydrogens (tertiary/aromatic N) is 3. The van der Waals surface area contributed by atoms with Crippen LogP contribution in [0, 0.1) is 6.07 Å².